The maximum Gasteiger partial charge on any atom is 0.331 e. The Morgan fingerprint density at radius 3 is 1.83 bits per heavy atom. The van der Waals surface area contributed by atoms with E-state index in [1.165, 1.54) is 20.6 Å². The smallest absolute Gasteiger partial charge is 0.297 e. The molecular weight excluding hydrogens is 528 g/mol. The van der Waals surface area contributed by atoms with Crippen LogP contribution in [0.5, 0.6) is 0 Å². The molecule has 0 saturated carbocycles. The second kappa shape index (κ2) is 11.4. The Morgan fingerprint density at radius 1 is 0.667 bits per heavy atom. The van der Waals surface area contributed by atoms with Gasteiger partial charge in [-0.05, 0) is 43.5 Å². The van der Waals surface area contributed by atoms with E-state index in [2.05, 4.69) is 36.1 Å². The topological polar surface area (TPSA) is 84.6 Å². The van der Waals surface area contributed by atoms with Gasteiger partial charge in [0.2, 0.25) is 0 Å². The van der Waals surface area contributed by atoms with Gasteiger partial charge in [-0.2, -0.15) is 0 Å². The van der Waals surface area contributed by atoms with Crippen LogP contribution < -0.4 is 11.2 Å². The summed E-state index contributed by atoms with van der Waals surface area (Å²) in [6.07, 6.45) is 0.984. The molecule has 0 spiro atoms. The van der Waals surface area contributed by atoms with Gasteiger partial charge in [0.1, 0.15) is 0 Å². The van der Waals surface area contributed by atoms with E-state index in [4.69, 9.17) is 0 Å². The number of carbonyl (C=O) groups excluding carboxylic acids is 2. The van der Waals surface area contributed by atoms with Crippen LogP contribution in [0.4, 0.5) is 0 Å². The predicted octanol–water partition coefficient (Wildman–Crippen LogP) is 3.92. The van der Waals surface area contributed by atoms with Gasteiger partial charge in [-0.25, -0.2) is 4.79 Å². The van der Waals surface area contributed by atoms with E-state index in [9.17, 15) is 19.2 Å². The van der Waals surface area contributed by atoms with Crippen molar-refractivity contribution in [2.24, 2.45) is 0 Å². The summed E-state index contributed by atoms with van der Waals surface area (Å²) in [5, 5.41) is 0. The molecule has 3 aromatic carbocycles. The molecule has 0 fully saturated rings. The summed E-state index contributed by atoms with van der Waals surface area (Å²) >= 11 is 0. The zero-order valence-electron chi connectivity index (χ0n) is 24.0. The third kappa shape index (κ3) is 5.25. The van der Waals surface area contributed by atoms with Crippen LogP contribution in [0, 0.1) is 13.8 Å². The minimum absolute atomic E-state index is 0.182. The van der Waals surface area contributed by atoms with Gasteiger partial charge in [-0.3, -0.25) is 33.3 Å². The Kier molecular flexibility index (Phi) is 7.47. The average Bonchev–Trinajstić information content (AvgIpc) is 3.24. The van der Waals surface area contributed by atoms with E-state index in [1.54, 1.807) is 28.8 Å². The van der Waals surface area contributed by atoms with E-state index >= 15 is 0 Å². The first-order chi connectivity index (χ1) is 20.3. The molecule has 0 saturated heterocycles. The van der Waals surface area contributed by atoms with Gasteiger partial charge >= 0.3 is 5.69 Å². The van der Waals surface area contributed by atoms with Crippen LogP contribution in [0.3, 0.4) is 0 Å². The number of fused-ring (bicyclic) bond motifs is 2. The second-order valence-electron chi connectivity index (χ2n) is 11.3. The van der Waals surface area contributed by atoms with Crippen molar-refractivity contribution in [2.45, 2.75) is 52.9 Å². The van der Waals surface area contributed by atoms with Gasteiger partial charge < -0.3 is 0 Å². The minimum Gasteiger partial charge on any atom is -0.297 e. The highest BCUT2D eigenvalue weighted by Gasteiger charge is 2.34. The molecule has 2 aliphatic rings. The standard InChI is InChI=1S/C34H34N4O4/c1-23-8-12-25(13-9-23)20-35-19-16-30-29(22-35)33(41)38(21-26-14-10-24(2)11-15-26)34(42)36(30)17-5-18-37-31(39)27-6-3-4-7-28(27)32(37)40/h3-4,6-15H,5,16-22H2,1-2H3. The maximum atomic E-state index is 13.8. The number of aromatic nitrogens is 2. The molecule has 1 aromatic heterocycles. The van der Waals surface area contributed by atoms with Crippen molar-refractivity contribution in [2.75, 3.05) is 13.1 Å². The fourth-order valence-electron chi connectivity index (χ4n) is 5.97. The van der Waals surface area contributed by atoms with E-state index in [0.29, 0.717) is 42.6 Å². The second-order valence-corrected chi connectivity index (χ2v) is 11.3. The normalized spacial score (nSPS) is 14.8. The van der Waals surface area contributed by atoms with Crippen molar-refractivity contribution in [1.29, 1.82) is 0 Å². The number of nitrogens with zero attached hydrogens (tertiary/aromatic N) is 4. The highest BCUT2D eigenvalue weighted by molar-refractivity contribution is 6.21. The summed E-state index contributed by atoms with van der Waals surface area (Å²) in [6, 6.07) is 23.1. The largest absolute Gasteiger partial charge is 0.331 e. The number of hydrogen-bond donors (Lipinski definition) is 0. The summed E-state index contributed by atoms with van der Waals surface area (Å²) in [6.45, 7) is 6.64. The number of amides is 2. The van der Waals surface area contributed by atoms with Crippen molar-refractivity contribution in [3.63, 3.8) is 0 Å². The molecule has 4 aromatic rings. The van der Waals surface area contributed by atoms with Crippen LogP contribution in [0.25, 0.3) is 0 Å². The SMILES string of the molecule is Cc1ccc(CN2CCc3c(c(=O)n(Cc4ccc(C)cc4)c(=O)n3CCCN3C(=O)c4ccccc4C3=O)C2)cc1. The monoisotopic (exact) mass is 562 g/mol. The van der Waals surface area contributed by atoms with Crippen LogP contribution in [-0.2, 0) is 32.6 Å². The van der Waals surface area contributed by atoms with Crippen molar-refractivity contribution in [3.8, 4) is 0 Å². The van der Waals surface area contributed by atoms with Crippen molar-refractivity contribution >= 4 is 11.8 Å². The van der Waals surface area contributed by atoms with Gasteiger partial charge in [-0.15, -0.1) is 0 Å². The Hall–Kier alpha value is -4.56. The van der Waals surface area contributed by atoms with Gasteiger partial charge in [0.15, 0.2) is 0 Å². The zero-order chi connectivity index (χ0) is 29.4. The minimum atomic E-state index is -0.353. The molecule has 2 aliphatic heterocycles. The molecule has 0 bridgehead atoms. The molecule has 42 heavy (non-hydrogen) atoms. The first-order valence-electron chi connectivity index (χ1n) is 14.4. The first-order valence-corrected chi connectivity index (χ1v) is 14.4. The molecule has 8 nitrogen and oxygen atoms in total. The molecule has 6 rings (SSSR count). The van der Waals surface area contributed by atoms with E-state index in [1.807, 2.05) is 31.2 Å². The van der Waals surface area contributed by atoms with Gasteiger partial charge in [0.25, 0.3) is 17.4 Å². The van der Waals surface area contributed by atoms with Crippen LogP contribution in [0.2, 0.25) is 0 Å². The van der Waals surface area contributed by atoms with Crippen LogP contribution in [0.15, 0.2) is 82.4 Å². The molecule has 214 valence electrons. The van der Waals surface area contributed by atoms with Crippen LogP contribution >= 0.6 is 0 Å². The summed E-state index contributed by atoms with van der Waals surface area (Å²) < 4.78 is 3.03. The Labute approximate surface area is 244 Å². The molecule has 0 N–H and O–H groups in total. The number of hydrogen-bond acceptors (Lipinski definition) is 5. The van der Waals surface area contributed by atoms with E-state index < -0.39 is 0 Å². The molecular formula is C34H34N4O4. The highest BCUT2D eigenvalue weighted by atomic mass is 16.2. The van der Waals surface area contributed by atoms with Crippen molar-refractivity contribution in [1.82, 2.24) is 18.9 Å². The maximum absolute atomic E-state index is 13.8. The summed E-state index contributed by atoms with van der Waals surface area (Å²) in [5.74, 6) is -0.609. The first kappa shape index (κ1) is 27.6. The lowest BCUT2D eigenvalue weighted by atomic mass is 10.0. The van der Waals surface area contributed by atoms with Gasteiger partial charge in [-0.1, -0.05) is 71.8 Å². The third-order valence-corrected chi connectivity index (χ3v) is 8.32. The molecule has 2 amide bonds. The lowest BCUT2D eigenvalue weighted by Gasteiger charge is -2.31. The lowest BCUT2D eigenvalue weighted by Crippen LogP contribution is -2.48. The predicted molar refractivity (Wildman–Crippen MR) is 161 cm³/mol. The molecule has 3 heterocycles. The Bertz CT molecular complexity index is 1750. The molecule has 0 radical (unpaired) electrons. The molecule has 0 atom stereocenters. The summed E-state index contributed by atoms with van der Waals surface area (Å²) in [5.41, 5.74) is 5.99. The summed E-state index contributed by atoms with van der Waals surface area (Å²) in [4.78, 5) is 56.9. The number of aryl methyl sites for hydroxylation is 2. The van der Waals surface area contributed by atoms with Crippen LogP contribution in [-0.4, -0.2) is 43.8 Å². The number of rotatable bonds is 8. The van der Waals surface area contributed by atoms with E-state index in [-0.39, 0.29) is 36.2 Å². The lowest BCUT2D eigenvalue weighted by molar-refractivity contribution is 0.0650. The quantitative estimate of drug-likeness (QED) is 0.304. The summed E-state index contributed by atoms with van der Waals surface area (Å²) in [7, 11) is 0. The molecule has 8 heteroatoms. The van der Waals surface area contributed by atoms with Gasteiger partial charge in [0, 0.05) is 44.8 Å². The van der Waals surface area contributed by atoms with Crippen molar-refractivity contribution < 1.29 is 9.59 Å². The zero-order valence-corrected chi connectivity index (χ0v) is 24.0. The fourth-order valence-corrected chi connectivity index (χ4v) is 5.97. The Balaban J connectivity index is 1.29. The highest BCUT2D eigenvalue weighted by Crippen LogP contribution is 2.23. The molecule has 0 unspecified atom stereocenters. The average molecular weight is 563 g/mol. The molecule has 0 aliphatic carbocycles. The fraction of sp³-hybridized carbons (Fsp3) is 0.294. The number of imide groups is 1. The number of benzene rings is 3. The number of carbonyl (C=O) groups is 2. The van der Waals surface area contributed by atoms with Crippen molar-refractivity contribution in [3.05, 3.63) is 138 Å². The third-order valence-electron chi connectivity index (χ3n) is 8.32. The van der Waals surface area contributed by atoms with Crippen LogP contribution in [0.1, 0.15) is 60.6 Å². The Morgan fingerprint density at radius 2 is 1.24 bits per heavy atom. The van der Waals surface area contributed by atoms with Gasteiger partial charge in [0.05, 0.1) is 23.2 Å². The van der Waals surface area contributed by atoms with E-state index in [0.717, 1.165) is 29.9 Å².